The predicted molar refractivity (Wildman–Crippen MR) is 499 cm³/mol. The Labute approximate surface area is 783 Å². The van der Waals surface area contributed by atoms with E-state index < -0.39 is 30.1 Å². The van der Waals surface area contributed by atoms with E-state index in [-0.39, 0.29) is 204 Å². The quantitative estimate of drug-likeness (QED) is 0.0140. The Morgan fingerprint density at radius 2 is 0.601 bits per heavy atom. The zero-order valence-corrected chi connectivity index (χ0v) is 79.7. The molecule has 0 aromatic carbocycles. The topological polar surface area (TPSA) is 764 Å². The fraction of sp³-hybridized carbons (Fsp3) is 0.513. The van der Waals surface area contributed by atoms with Gasteiger partial charge in [-0.1, -0.05) is 0 Å². The number of H-pyrrole nitrogens is 7. The number of nitrogens with two attached hydrogens (primary N) is 3. The highest BCUT2D eigenvalue weighted by molar-refractivity contribution is 7.51. The van der Waals surface area contributed by atoms with Crippen LogP contribution in [0.2, 0.25) is 0 Å². The van der Waals surface area contributed by atoms with Crippen LogP contribution in [0.25, 0.3) is 87.8 Å². The van der Waals surface area contributed by atoms with Crippen LogP contribution in [0, 0.1) is 40.8 Å². The molecule has 14 heterocycles. The van der Waals surface area contributed by atoms with Gasteiger partial charge >= 0.3 is 7.60 Å². The fourth-order valence-electron chi connectivity index (χ4n) is 11.7. The van der Waals surface area contributed by atoms with E-state index in [2.05, 4.69) is 151 Å². The van der Waals surface area contributed by atoms with E-state index in [0.717, 1.165) is 13.1 Å². The van der Waals surface area contributed by atoms with Gasteiger partial charge < -0.3 is 128 Å². The first-order valence-electron chi connectivity index (χ1n) is 41.9. The molecule has 62 heteroatoms. The minimum absolute atomic E-state index is 0.0141. The van der Waals surface area contributed by atoms with Crippen LogP contribution in [-0.2, 0) is 107 Å². The van der Waals surface area contributed by atoms with Crippen LogP contribution in [-0.4, -0.2) is 311 Å². The summed E-state index contributed by atoms with van der Waals surface area (Å²) in [5.74, 6) is 2.18. The number of hydrogen-bond donors (Lipinski definition) is 15. The summed E-state index contributed by atoms with van der Waals surface area (Å²) in [5, 5.41) is 34.3. The summed E-state index contributed by atoms with van der Waals surface area (Å²) in [7, 11) is -5.67. The highest BCUT2D eigenvalue weighted by Crippen LogP contribution is 2.46. The maximum Gasteiger partial charge on any atom is 0.325 e. The van der Waals surface area contributed by atoms with Gasteiger partial charge in [0.2, 0.25) is 30.9 Å². The number of anilines is 3. The Bertz CT molecular complexity index is 6350. The lowest BCUT2D eigenvalue weighted by Gasteiger charge is -2.35. The maximum atomic E-state index is 11.9. The highest BCUT2D eigenvalue weighted by Gasteiger charge is 2.28. The number of aryl methyl sites for hydroxylation is 4. The molecule has 0 amide bonds. The summed E-state index contributed by atoms with van der Waals surface area (Å²) < 4.78 is 88.6. The van der Waals surface area contributed by atoms with Gasteiger partial charge in [0.15, 0.2) is 86.5 Å². The Balaban J connectivity index is 0.000000200. The Kier molecular flexibility index (Phi) is 45.5. The lowest BCUT2D eigenvalue weighted by molar-refractivity contribution is 0.0499. The van der Waals surface area contributed by atoms with E-state index in [1.165, 1.54) is 45.3 Å². The second kappa shape index (κ2) is 56.8. The molecule has 59 nitrogen and oxygen atoms in total. The van der Waals surface area contributed by atoms with Crippen LogP contribution in [0.5, 0.6) is 0 Å². The molecule has 0 spiro atoms. The summed E-state index contributed by atoms with van der Waals surface area (Å²) >= 11 is 0. The molecule has 0 aliphatic carbocycles. The predicted octanol–water partition coefficient (Wildman–Crippen LogP) is 0.410. The fourth-order valence-corrected chi connectivity index (χ4v) is 14.5. The number of imidazole rings is 7. The third kappa shape index (κ3) is 34.4. The molecule has 14 rings (SSSR count). The Morgan fingerprint density at radius 1 is 0.370 bits per heavy atom. The van der Waals surface area contributed by atoms with Gasteiger partial charge in [-0.25, -0.2) is 72.6 Å². The number of nitrogens with zero attached hydrogens (tertiary/aromatic N) is 24. The van der Waals surface area contributed by atoms with E-state index >= 15 is 0 Å². The van der Waals surface area contributed by atoms with Crippen molar-refractivity contribution >= 4 is 120 Å². The van der Waals surface area contributed by atoms with E-state index in [1.807, 2.05) is 6.66 Å². The van der Waals surface area contributed by atoms with Crippen molar-refractivity contribution in [2.24, 2.45) is 0 Å². The zero-order chi connectivity index (χ0) is 100. The van der Waals surface area contributed by atoms with Crippen LogP contribution >= 0.6 is 24.5 Å². The number of nitrogen functional groups attached to an aromatic ring is 3. The average Bonchev–Trinajstić information content (AvgIpc) is 1.70. The molecule has 750 valence electrons. The largest absolute Gasteiger partial charge is 0.394 e. The van der Waals surface area contributed by atoms with Gasteiger partial charge in [-0.2, -0.15) is 15.0 Å². The van der Waals surface area contributed by atoms with Gasteiger partial charge in [-0.15, -0.1) is 0 Å². The first-order valence-corrected chi connectivity index (χ1v) is 46.7. The van der Waals surface area contributed by atoms with Gasteiger partial charge in [-0.3, -0.25) is 85.0 Å². The van der Waals surface area contributed by atoms with Gasteiger partial charge in [-0.05, 0) is 68.2 Å². The monoisotopic (exact) mass is 1990 g/mol. The van der Waals surface area contributed by atoms with Crippen molar-refractivity contribution < 1.29 is 85.7 Å². The van der Waals surface area contributed by atoms with Crippen molar-refractivity contribution in [1.29, 1.82) is 0 Å². The molecule has 14 aromatic heterocycles. The minimum atomic E-state index is -3.49. The Morgan fingerprint density at radius 3 is 0.862 bits per heavy atom. The zero-order valence-electron chi connectivity index (χ0n) is 77.0. The number of ether oxygens (including phenoxy) is 7. The summed E-state index contributed by atoms with van der Waals surface area (Å²) in [4.78, 5) is 170. The standard InChI is InChI=1S/C19H31N6O4P.C14H20N5O4P.C9H14N5O5P.2C9H12N4O3.2C8H11N5O3/c1-14(2)25(15(3)4)30(29-11-8-20-6)28-10-7-9-27-13-24-12-21-17-18(24)22-16(5)23-19(17)26;1-11-17-13-12(14(20)18-11)16-9-19(13)10-21-6-4-7-22-24(3)23-8-5-15-2;1-20(16,17)19-3-2-18-5-14-4-11-6-7(14)12-9(10)13-8(6)15;2*1-6-11-8-7(9(15)12-6)10-4-13(8)5-16-3-2-14;2*9-8-11-6-5(7(15)12-8)10-3-13(6)4-16-2-1-14/h12,14-15H,7-11,13H2,1-5H3,(H,22,23,26);9H,4-8,10H2,1,3H3,(H,17,18,20);4H,2-3,5H2,1H3,(H,16,17)(H3,10,12,13,15);2*4,14H,2-3,5H2,1H3,(H,11,12,15);2*3,14H,1-2,4H2,(H3,9,11,12,15). The van der Waals surface area contributed by atoms with E-state index in [4.69, 9.17) is 107 Å². The molecule has 0 aliphatic rings. The summed E-state index contributed by atoms with van der Waals surface area (Å²) in [6, 6.07) is 0.544. The second-order valence-electron chi connectivity index (χ2n) is 29.0. The molecule has 0 radical (unpaired) electrons. The SMILES string of the molecule is CP(=O)(O)OCCOCn1cnc2c(=O)[nH]c(N)nc21.Cc1nc2c(ncn2COCCO)c(=O)[nH]1.Cc1nc2c(ncn2COCCO)c(=O)[nH]1.Nc1nc2c(ncn2COCCO)c(=O)[nH]1.Nc1nc2c(ncn2COCCO)c(=O)[nH]1.[C-]#[N+]CCOP(C)OCCCOCn1cnc2c(=O)[nH]c(C)nc21.[C-]#[N+]CCOP(OCCCOCn1cnc2c(=O)[nH]c(C)nc21)N(C(C)C)C(C)C. The number of fused-ring (bicyclic) bond motifs is 7. The lowest BCUT2D eigenvalue weighted by Crippen LogP contribution is -2.33. The number of rotatable bonds is 45. The summed E-state index contributed by atoms with van der Waals surface area (Å²) in [6.07, 6.45) is 11.7. The highest BCUT2D eigenvalue weighted by atomic mass is 31.2. The smallest absolute Gasteiger partial charge is 0.325 e. The van der Waals surface area contributed by atoms with Crippen molar-refractivity contribution in [2.75, 3.05) is 149 Å². The molecular formula is C76H111N34O25P3. The minimum Gasteiger partial charge on any atom is -0.394 e. The van der Waals surface area contributed by atoms with Gasteiger partial charge in [0.25, 0.3) is 47.4 Å². The molecule has 0 aliphatic heterocycles. The lowest BCUT2D eigenvalue weighted by atomic mass is 10.3. The van der Waals surface area contributed by atoms with Crippen molar-refractivity contribution in [3.05, 3.63) is 163 Å². The molecule has 0 saturated heterocycles. The first-order chi connectivity index (χ1) is 66.2. The molecule has 0 bridgehead atoms. The van der Waals surface area contributed by atoms with Crippen LogP contribution < -0.4 is 56.1 Å². The number of aliphatic hydroxyl groups is 4. The Hall–Kier alpha value is -12.8. The molecule has 138 heavy (non-hydrogen) atoms. The molecule has 0 saturated carbocycles. The number of aliphatic hydroxyl groups excluding tert-OH is 4. The van der Waals surface area contributed by atoms with Crippen molar-refractivity contribution in [3.63, 3.8) is 0 Å². The molecule has 0 fully saturated rings. The molecule has 18 N–H and O–H groups in total. The van der Waals surface area contributed by atoms with Gasteiger partial charge in [0, 0.05) is 25.4 Å². The van der Waals surface area contributed by atoms with Crippen LogP contribution in [0.3, 0.4) is 0 Å². The molecule has 3 atom stereocenters. The second-order valence-corrected chi connectivity index (χ2v) is 33.7. The number of aromatic amines is 7. The molecule has 3 unspecified atom stereocenters. The van der Waals surface area contributed by atoms with Crippen LogP contribution in [0.15, 0.2) is 77.9 Å². The summed E-state index contributed by atoms with van der Waals surface area (Å²) in [6.45, 7) is 37.4. The van der Waals surface area contributed by atoms with Crippen LogP contribution in [0.4, 0.5) is 17.8 Å². The van der Waals surface area contributed by atoms with E-state index in [9.17, 15) is 38.1 Å². The van der Waals surface area contributed by atoms with Gasteiger partial charge in [0.05, 0.1) is 137 Å². The maximum absolute atomic E-state index is 11.9. The number of nitrogens with one attached hydrogen (secondary N) is 7. The molecular weight excluding hydrogens is 1880 g/mol. The van der Waals surface area contributed by atoms with Crippen molar-refractivity contribution in [2.45, 2.75) is 127 Å². The van der Waals surface area contributed by atoms with Crippen molar-refractivity contribution in [3.8, 4) is 0 Å². The van der Waals surface area contributed by atoms with E-state index in [0.29, 0.717) is 133 Å². The number of hydrogen-bond acceptors (Lipinski definition) is 42. The van der Waals surface area contributed by atoms with Gasteiger partial charge in [0.1, 0.15) is 83.6 Å². The summed E-state index contributed by atoms with van der Waals surface area (Å²) in [5.41, 5.74) is 18.8. The molecule has 14 aromatic rings. The average molecular weight is 1990 g/mol. The first kappa shape index (κ1) is 111. The van der Waals surface area contributed by atoms with Crippen LogP contribution in [0.1, 0.15) is 63.8 Å². The third-order valence-electron chi connectivity index (χ3n) is 17.4. The number of aromatic nitrogens is 28. The third-order valence-corrected chi connectivity index (χ3v) is 21.3. The normalized spacial score (nSPS) is 12.2. The van der Waals surface area contributed by atoms with Crippen molar-refractivity contribution in [1.82, 2.24) is 141 Å². The van der Waals surface area contributed by atoms with E-state index in [1.54, 1.807) is 58.6 Å².